The molecule has 1 fully saturated rings. The molecule has 1 unspecified atom stereocenters. The fourth-order valence-electron chi connectivity index (χ4n) is 4.02. The van der Waals surface area contributed by atoms with Gasteiger partial charge < -0.3 is 10.2 Å². The number of carbonyl (C=O) groups is 2. The van der Waals surface area contributed by atoms with Crippen LogP contribution in [0.5, 0.6) is 0 Å². The Morgan fingerprint density at radius 2 is 1.65 bits per heavy atom. The molecule has 0 radical (unpaired) electrons. The first-order valence-electron chi connectivity index (χ1n) is 10.7. The Morgan fingerprint density at radius 1 is 1.03 bits per heavy atom. The lowest BCUT2D eigenvalue weighted by atomic mass is 10.1. The molecule has 0 aromatic heterocycles. The van der Waals surface area contributed by atoms with E-state index < -0.39 is 6.04 Å². The predicted molar refractivity (Wildman–Crippen MR) is 127 cm³/mol. The summed E-state index contributed by atoms with van der Waals surface area (Å²) in [5.41, 5.74) is 1.47. The van der Waals surface area contributed by atoms with E-state index in [2.05, 4.69) is 5.32 Å². The lowest BCUT2D eigenvalue weighted by Gasteiger charge is -2.32. The number of nitrogens with zero attached hydrogens (tertiary/aromatic N) is 1. The highest BCUT2D eigenvalue weighted by Crippen LogP contribution is 2.28. The number of rotatable bonds is 8. The van der Waals surface area contributed by atoms with Crippen LogP contribution < -0.4 is 5.32 Å². The topological polar surface area (TPSA) is 49.4 Å². The Labute approximate surface area is 198 Å². The molecule has 3 rings (SSSR count). The van der Waals surface area contributed by atoms with Gasteiger partial charge in [0, 0.05) is 33.2 Å². The molecule has 166 valence electrons. The molecule has 1 atom stereocenters. The minimum Gasteiger partial charge on any atom is -0.352 e. The normalized spacial score (nSPS) is 15.0. The molecule has 7 heteroatoms. The first kappa shape index (κ1) is 23.9. The highest BCUT2D eigenvalue weighted by atomic mass is 35.5. The smallest absolute Gasteiger partial charge is 0.243 e. The first-order valence-corrected chi connectivity index (χ1v) is 11.8. The summed E-state index contributed by atoms with van der Waals surface area (Å²) in [5.74, 6) is -0.284. The number of halogens is 3. The van der Waals surface area contributed by atoms with Crippen LogP contribution in [0, 0.1) is 0 Å². The van der Waals surface area contributed by atoms with Gasteiger partial charge in [-0.3, -0.25) is 9.59 Å². The van der Waals surface area contributed by atoms with Gasteiger partial charge in [-0.25, -0.2) is 0 Å². The van der Waals surface area contributed by atoms with Crippen LogP contribution in [-0.2, 0) is 22.6 Å². The van der Waals surface area contributed by atoms with E-state index in [4.69, 9.17) is 34.8 Å². The maximum absolute atomic E-state index is 13.4. The molecular weight excluding hydrogens is 455 g/mol. The van der Waals surface area contributed by atoms with Gasteiger partial charge in [0.1, 0.15) is 6.04 Å². The SMILES string of the molecule is CCC(C(=O)NC1CCCC1)N(Cc1c(Cl)cccc1Cl)C(=O)Cc1ccc(Cl)cc1. The second-order valence-electron chi connectivity index (χ2n) is 7.94. The quantitative estimate of drug-likeness (QED) is 0.498. The van der Waals surface area contributed by atoms with Crippen molar-refractivity contribution in [1.29, 1.82) is 0 Å². The average molecular weight is 482 g/mol. The highest BCUT2D eigenvalue weighted by Gasteiger charge is 2.31. The van der Waals surface area contributed by atoms with Crippen LogP contribution in [0.15, 0.2) is 42.5 Å². The Hall–Kier alpha value is -1.75. The van der Waals surface area contributed by atoms with Gasteiger partial charge in [-0.15, -0.1) is 0 Å². The van der Waals surface area contributed by atoms with E-state index in [1.165, 1.54) is 0 Å². The van der Waals surface area contributed by atoms with E-state index in [0.717, 1.165) is 31.2 Å². The third-order valence-corrected chi connectivity index (χ3v) is 6.71. The predicted octanol–water partition coefficient (Wildman–Crippen LogP) is 6.06. The number of hydrogen-bond donors (Lipinski definition) is 1. The molecule has 0 aliphatic heterocycles. The van der Waals surface area contributed by atoms with Crippen molar-refractivity contribution in [3.05, 3.63) is 68.7 Å². The van der Waals surface area contributed by atoms with Gasteiger partial charge in [0.15, 0.2) is 0 Å². The average Bonchev–Trinajstić information content (AvgIpc) is 3.24. The lowest BCUT2D eigenvalue weighted by molar-refractivity contribution is -0.141. The zero-order valence-corrected chi connectivity index (χ0v) is 19.8. The summed E-state index contributed by atoms with van der Waals surface area (Å²) in [6.07, 6.45) is 4.86. The summed E-state index contributed by atoms with van der Waals surface area (Å²) in [7, 11) is 0. The molecule has 2 amide bonds. The molecule has 2 aromatic carbocycles. The van der Waals surface area contributed by atoms with E-state index >= 15 is 0 Å². The van der Waals surface area contributed by atoms with Gasteiger partial charge in [0.25, 0.3) is 0 Å². The molecule has 1 aliphatic carbocycles. The molecule has 1 aliphatic rings. The van der Waals surface area contributed by atoms with Gasteiger partial charge in [0.05, 0.1) is 6.42 Å². The molecule has 31 heavy (non-hydrogen) atoms. The van der Waals surface area contributed by atoms with Crippen LogP contribution in [0.3, 0.4) is 0 Å². The van der Waals surface area contributed by atoms with Crippen molar-refractivity contribution in [2.45, 2.75) is 64.1 Å². The van der Waals surface area contributed by atoms with Crippen LogP contribution >= 0.6 is 34.8 Å². The summed E-state index contributed by atoms with van der Waals surface area (Å²) < 4.78 is 0. The van der Waals surface area contributed by atoms with Gasteiger partial charge in [-0.2, -0.15) is 0 Å². The third-order valence-electron chi connectivity index (χ3n) is 5.75. The maximum Gasteiger partial charge on any atom is 0.243 e. The summed E-state index contributed by atoms with van der Waals surface area (Å²) in [5, 5.41) is 4.69. The molecule has 0 heterocycles. The zero-order valence-electron chi connectivity index (χ0n) is 17.5. The standard InChI is InChI=1S/C24H27Cl3N2O2/c1-2-22(24(31)28-18-6-3-4-7-18)29(15-19-20(26)8-5-9-21(19)27)23(30)14-16-10-12-17(25)13-11-16/h5,8-13,18,22H,2-4,6-7,14-15H2,1H3,(H,28,31). The number of carbonyl (C=O) groups excluding carboxylic acids is 2. The minimum atomic E-state index is -0.604. The molecule has 4 nitrogen and oxygen atoms in total. The van der Waals surface area contributed by atoms with Crippen molar-refractivity contribution in [2.24, 2.45) is 0 Å². The van der Waals surface area contributed by atoms with Crippen molar-refractivity contribution >= 4 is 46.6 Å². The van der Waals surface area contributed by atoms with Crippen molar-refractivity contribution in [3.63, 3.8) is 0 Å². The van der Waals surface area contributed by atoms with E-state index in [-0.39, 0.29) is 30.8 Å². The van der Waals surface area contributed by atoms with Gasteiger partial charge >= 0.3 is 0 Å². The number of amides is 2. The van der Waals surface area contributed by atoms with Crippen LogP contribution in [-0.4, -0.2) is 28.8 Å². The summed E-state index contributed by atoms with van der Waals surface area (Å²) in [4.78, 5) is 28.1. The molecular formula is C24H27Cl3N2O2. The molecule has 0 spiro atoms. The van der Waals surface area contributed by atoms with E-state index in [0.29, 0.717) is 27.1 Å². The number of hydrogen-bond acceptors (Lipinski definition) is 2. The Kier molecular flexibility index (Phi) is 8.65. The Morgan fingerprint density at radius 3 is 2.23 bits per heavy atom. The second kappa shape index (κ2) is 11.2. The summed E-state index contributed by atoms with van der Waals surface area (Å²) in [6.45, 7) is 2.08. The number of nitrogens with one attached hydrogen (secondary N) is 1. The van der Waals surface area contributed by atoms with Crippen molar-refractivity contribution in [1.82, 2.24) is 10.2 Å². The Balaban J connectivity index is 1.86. The molecule has 2 aromatic rings. The van der Waals surface area contributed by atoms with Crippen molar-refractivity contribution in [3.8, 4) is 0 Å². The lowest BCUT2D eigenvalue weighted by Crippen LogP contribution is -2.51. The molecule has 1 saturated carbocycles. The van der Waals surface area contributed by atoms with Crippen molar-refractivity contribution in [2.75, 3.05) is 0 Å². The van der Waals surface area contributed by atoms with Crippen LogP contribution in [0.2, 0.25) is 15.1 Å². The van der Waals surface area contributed by atoms with E-state index in [1.54, 1.807) is 35.2 Å². The second-order valence-corrected chi connectivity index (χ2v) is 9.19. The largest absolute Gasteiger partial charge is 0.352 e. The van der Waals surface area contributed by atoms with Gasteiger partial charge in [-0.05, 0) is 49.1 Å². The summed E-state index contributed by atoms with van der Waals surface area (Å²) >= 11 is 18.7. The fourth-order valence-corrected chi connectivity index (χ4v) is 4.66. The molecule has 0 bridgehead atoms. The van der Waals surface area contributed by atoms with Crippen LogP contribution in [0.25, 0.3) is 0 Å². The third kappa shape index (κ3) is 6.38. The van der Waals surface area contributed by atoms with Crippen molar-refractivity contribution < 1.29 is 9.59 Å². The summed E-state index contributed by atoms with van der Waals surface area (Å²) in [6, 6.07) is 12.0. The first-order chi connectivity index (χ1) is 14.9. The molecule has 0 saturated heterocycles. The number of benzene rings is 2. The van der Waals surface area contributed by atoms with Gasteiger partial charge in [0.2, 0.25) is 11.8 Å². The minimum absolute atomic E-state index is 0.123. The zero-order chi connectivity index (χ0) is 22.4. The van der Waals surface area contributed by atoms with E-state index in [1.807, 2.05) is 19.1 Å². The maximum atomic E-state index is 13.4. The van der Waals surface area contributed by atoms with Crippen LogP contribution in [0.1, 0.15) is 50.2 Å². The molecule has 1 N–H and O–H groups in total. The van der Waals surface area contributed by atoms with Gasteiger partial charge in [-0.1, -0.05) is 72.8 Å². The Bertz CT molecular complexity index is 891. The highest BCUT2D eigenvalue weighted by molar-refractivity contribution is 6.36. The fraction of sp³-hybridized carbons (Fsp3) is 0.417. The van der Waals surface area contributed by atoms with Crippen LogP contribution in [0.4, 0.5) is 0 Å². The van der Waals surface area contributed by atoms with E-state index in [9.17, 15) is 9.59 Å². The monoisotopic (exact) mass is 480 g/mol.